The van der Waals surface area contributed by atoms with Crippen LogP contribution in [0.25, 0.3) is 0 Å². The van der Waals surface area contributed by atoms with E-state index in [4.69, 9.17) is 4.74 Å². The van der Waals surface area contributed by atoms with Crippen molar-refractivity contribution in [2.75, 3.05) is 20.3 Å². The minimum absolute atomic E-state index is 0.520. The average Bonchev–Trinajstić information content (AvgIpc) is 2.81. The van der Waals surface area contributed by atoms with Gasteiger partial charge in [0.05, 0.1) is 5.69 Å². The molecule has 1 heterocycles. The van der Waals surface area contributed by atoms with E-state index in [9.17, 15) is 0 Å². The van der Waals surface area contributed by atoms with E-state index in [0.717, 1.165) is 45.4 Å². The number of rotatable bonds is 10. The van der Waals surface area contributed by atoms with E-state index in [1.54, 1.807) is 7.11 Å². The van der Waals surface area contributed by atoms with Crippen LogP contribution in [-0.2, 0) is 24.1 Å². The molecule has 0 saturated heterocycles. The minimum atomic E-state index is 0.520. The van der Waals surface area contributed by atoms with Gasteiger partial charge in [-0.15, -0.1) is 0 Å². The molecule has 1 N–H and O–H groups in total. The number of hydrogen-bond donors (Lipinski definition) is 1. The molecule has 0 aromatic carbocycles. The van der Waals surface area contributed by atoms with E-state index in [0.29, 0.717) is 6.04 Å². The number of nitrogens with one attached hydrogen (secondary N) is 1. The van der Waals surface area contributed by atoms with Crippen LogP contribution in [0.15, 0.2) is 6.07 Å². The molecule has 1 atom stereocenters. The maximum atomic E-state index is 5.14. The van der Waals surface area contributed by atoms with Gasteiger partial charge in [0, 0.05) is 38.4 Å². The molecule has 0 aliphatic heterocycles. The number of hydrogen-bond acceptors (Lipinski definition) is 3. The standard InChI is InChI=1S/C15H29N3O/c1-5-13-11-15(18(7-3)17-13)12-14(16-6-2)9-8-10-19-4/h11,14,16H,5-10,12H2,1-4H3. The fraction of sp³-hybridized carbons (Fsp3) is 0.800. The Hall–Kier alpha value is -0.870. The van der Waals surface area contributed by atoms with Gasteiger partial charge in [-0.25, -0.2) is 0 Å². The van der Waals surface area contributed by atoms with Crippen molar-refractivity contribution in [1.29, 1.82) is 0 Å². The van der Waals surface area contributed by atoms with Crippen LogP contribution < -0.4 is 5.32 Å². The second-order valence-electron chi connectivity index (χ2n) is 4.89. The summed E-state index contributed by atoms with van der Waals surface area (Å²) >= 11 is 0. The Kier molecular flexibility index (Phi) is 7.75. The molecule has 1 rings (SSSR count). The largest absolute Gasteiger partial charge is 0.385 e. The van der Waals surface area contributed by atoms with Crippen molar-refractivity contribution in [1.82, 2.24) is 15.1 Å². The van der Waals surface area contributed by atoms with E-state index in [2.05, 4.69) is 41.9 Å². The lowest BCUT2D eigenvalue weighted by atomic mass is 10.1. The zero-order valence-electron chi connectivity index (χ0n) is 12.9. The molecular formula is C15H29N3O. The van der Waals surface area contributed by atoms with E-state index in [1.165, 1.54) is 11.4 Å². The second kappa shape index (κ2) is 9.10. The molecule has 0 fully saturated rings. The lowest BCUT2D eigenvalue weighted by molar-refractivity contribution is 0.188. The first-order valence-corrected chi connectivity index (χ1v) is 7.52. The lowest BCUT2D eigenvalue weighted by Gasteiger charge is -2.18. The molecular weight excluding hydrogens is 238 g/mol. The molecule has 0 aliphatic rings. The summed E-state index contributed by atoms with van der Waals surface area (Å²) in [6.07, 6.45) is 4.32. The third-order valence-corrected chi connectivity index (χ3v) is 3.43. The molecule has 1 unspecified atom stereocenters. The highest BCUT2D eigenvalue weighted by Crippen LogP contribution is 2.11. The monoisotopic (exact) mass is 267 g/mol. The first kappa shape index (κ1) is 16.2. The Morgan fingerprint density at radius 3 is 2.74 bits per heavy atom. The molecule has 110 valence electrons. The van der Waals surface area contributed by atoms with Crippen LogP contribution in [0.5, 0.6) is 0 Å². The van der Waals surface area contributed by atoms with Gasteiger partial charge in [0.1, 0.15) is 0 Å². The van der Waals surface area contributed by atoms with Gasteiger partial charge >= 0.3 is 0 Å². The van der Waals surface area contributed by atoms with Crippen molar-refractivity contribution in [3.05, 3.63) is 17.5 Å². The second-order valence-corrected chi connectivity index (χ2v) is 4.89. The van der Waals surface area contributed by atoms with Crippen LogP contribution in [0, 0.1) is 0 Å². The molecule has 19 heavy (non-hydrogen) atoms. The van der Waals surface area contributed by atoms with Crippen LogP contribution in [0.3, 0.4) is 0 Å². The van der Waals surface area contributed by atoms with Crippen LogP contribution in [0.2, 0.25) is 0 Å². The van der Waals surface area contributed by atoms with E-state index in [-0.39, 0.29) is 0 Å². The van der Waals surface area contributed by atoms with Gasteiger partial charge in [-0.1, -0.05) is 13.8 Å². The SMILES string of the molecule is CCNC(CCCOC)Cc1cc(CC)nn1CC. The summed E-state index contributed by atoms with van der Waals surface area (Å²) in [5.74, 6) is 0. The maximum Gasteiger partial charge on any atom is 0.0624 e. The molecule has 0 amide bonds. The number of ether oxygens (including phenoxy) is 1. The highest BCUT2D eigenvalue weighted by Gasteiger charge is 2.13. The highest BCUT2D eigenvalue weighted by molar-refractivity contribution is 5.12. The molecule has 0 saturated carbocycles. The summed E-state index contributed by atoms with van der Waals surface area (Å²) in [5, 5.41) is 8.19. The molecule has 0 bridgehead atoms. The minimum Gasteiger partial charge on any atom is -0.385 e. The Balaban J connectivity index is 2.63. The lowest BCUT2D eigenvalue weighted by Crippen LogP contribution is -2.32. The summed E-state index contributed by atoms with van der Waals surface area (Å²) < 4.78 is 7.28. The van der Waals surface area contributed by atoms with Crippen molar-refractivity contribution in [2.45, 2.75) is 59.0 Å². The molecule has 4 nitrogen and oxygen atoms in total. The van der Waals surface area contributed by atoms with Crippen molar-refractivity contribution >= 4 is 0 Å². The van der Waals surface area contributed by atoms with Gasteiger partial charge in [-0.3, -0.25) is 4.68 Å². The fourth-order valence-electron chi connectivity index (χ4n) is 2.42. The maximum absolute atomic E-state index is 5.14. The number of likely N-dealkylation sites (N-methyl/N-ethyl adjacent to an activating group) is 1. The number of aryl methyl sites for hydroxylation is 2. The number of aromatic nitrogens is 2. The highest BCUT2D eigenvalue weighted by atomic mass is 16.5. The summed E-state index contributed by atoms with van der Waals surface area (Å²) in [4.78, 5) is 0. The Labute approximate surface area is 117 Å². The van der Waals surface area contributed by atoms with Crippen molar-refractivity contribution in [3.63, 3.8) is 0 Å². The summed E-state index contributed by atoms with van der Waals surface area (Å²) in [5.41, 5.74) is 2.55. The van der Waals surface area contributed by atoms with Gasteiger partial charge in [-0.05, 0) is 38.8 Å². The predicted octanol–water partition coefficient (Wildman–Crippen LogP) is 2.41. The summed E-state index contributed by atoms with van der Waals surface area (Å²) in [7, 11) is 1.77. The number of nitrogens with zero attached hydrogens (tertiary/aromatic N) is 2. The molecule has 0 radical (unpaired) electrons. The Morgan fingerprint density at radius 1 is 1.37 bits per heavy atom. The topological polar surface area (TPSA) is 39.1 Å². The van der Waals surface area contributed by atoms with Crippen molar-refractivity contribution in [3.8, 4) is 0 Å². The van der Waals surface area contributed by atoms with Gasteiger partial charge in [0.2, 0.25) is 0 Å². The zero-order valence-corrected chi connectivity index (χ0v) is 12.9. The third kappa shape index (κ3) is 5.33. The van der Waals surface area contributed by atoms with Gasteiger partial charge in [0.25, 0.3) is 0 Å². The Morgan fingerprint density at radius 2 is 2.16 bits per heavy atom. The van der Waals surface area contributed by atoms with Crippen molar-refractivity contribution < 1.29 is 4.74 Å². The number of methoxy groups -OCH3 is 1. The molecule has 0 aliphatic carbocycles. The fourth-order valence-corrected chi connectivity index (χ4v) is 2.42. The average molecular weight is 267 g/mol. The van der Waals surface area contributed by atoms with Gasteiger partial charge in [-0.2, -0.15) is 5.10 Å². The van der Waals surface area contributed by atoms with E-state index < -0.39 is 0 Å². The van der Waals surface area contributed by atoms with Crippen LogP contribution in [-0.4, -0.2) is 36.1 Å². The van der Waals surface area contributed by atoms with E-state index >= 15 is 0 Å². The van der Waals surface area contributed by atoms with Crippen LogP contribution in [0.4, 0.5) is 0 Å². The predicted molar refractivity (Wildman–Crippen MR) is 79.6 cm³/mol. The summed E-state index contributed by atoms with van der Waals surface area (Å²) in [6, 6.07) is 2.77. The van der Waals surface area contributed by atoms with Gasteiger partial charge in [0.15, 0.2) is 0 Å². The van der Waals surface area contributed by atoms with Crippen LogP contribution >= 0.6 is 0 Å². The quantitative estimate of drug-likeness (QED) is 0.662. The molecule has 1 aromatic rings. The first-order chi connectivity index (χ1) is 9.24. The van der Waals surface area contributed by atoms with E-state index in [1.807, 2.05) is 0 Å². The van der Waals surface area contributed by atoms with Crippen molar-refractivity contribution in [2.24, 2.45) is 0 Å². The molecule has 1 aromatic heterocycles. The third-order valence-electron chi connectivity index (χ3n) is 3.43. The smallest absolute Gasteiger partial charge is 0.0624 e. The first-order valence-electron chi connectivity index (χ1n) is 7.52. The summed E-state index contributed by atoms with van der Waals surface area (Å²) in [6.45, 7) is 9.29. The zero-order chi connectivity index (χ0) is 14.1. The Bertz CT molecular complexity index is 349. The molecule has 0 spiro atoms. The molecule has 4 heteroatoms. The van der Waals surface area contributed by atoms with Gasteiger partial charge < -0.3 is 10.1 Å². The normalized spacial score (nSPS) is 12.8. The van der Waals surface area contributed by atoms with Crippen LogP contribution in [0.1, 0.15) is 45.0 Å².